The molecule has 0 aliphatic carbocycles. The number of nitrogens with zero attached hydrogens (tertiary/aromatic N) is 3. The maximum Gasteiger partial charge on any atom is 0.224 e. The van der Waals surface area contributed by atoms with Gasteiger partial charge in [-0.2, -0.15) is 0 Å². The quantitative estimate of drug-likeness (QED) is 0.503. The van der Waals surface area contributed by atoms with Gasteiger partial charge >= 0.3 is 0 Å². The Morgan fingerprint density at radius 1 is 0.971 bits per heavy atom. The minimum atomic E-state index is -0.0720. The molecule has 3 aromatic rings. The van der Waals surface area contributed by atoms with Gasteiger partial charge in [-0.05, 0) is 73.4 Å². The van der Waals surface area contributed by atoms with Crippen molar-refractivity contribution in [2.45, 2.75) is 19.3 Å². The van der Waals surface area contributed by atoms with Crippen LogP contribution in [0.25, 0.3) is 11.3 Å². The predicted octanol–water partition coefficient (Wildman–Crippen LogP) is 3.74. The standard InChI is InChI=1S/C27H32N4O4/c1-33-22-9-7-20(8-10-22)23-11-13-26(30-29-23)31-16-4-5-21(18-31)27(32)28-15-14-19-6-12-24(34-2)25(17-19)35-3/h6-13,17,21H,4-5,14-16,18H2,1-3H3,(H,28,32). The molecule has 0 spiro atoms. The van der Waals surface area contributed by atoms with Gasteiger partial charge in [0.05, 0.1) is 32.9 Å². The number of hydrogen-bond acceptors (Lipinski definition) is 7. The molecule has 1 atom stereocenters. The summed E-state index contributed by atoms with van der Waals surface area (Å²) in [5.41, 5.74) is 2.87. The highest BCUT2D eigenvalue weighted by Gasteiger charge is 2.26. The Kier molecular flexibility index (Phi) is 8.03. The first-order chi connectivity index (χ1) is 17.1. The molecular weight excluding hydrogens is 444 g/mol. The molecule has 1 fully saturated rings. The van der Waals surface area contributed by atoms with Crippen LogP contribution in [-0.2, 0) is 11.2 Å². The van der Waals surface area contributed by atoms with Crippen molar-refractivity contribution in [3.63, 3.8) is 0 Å². The van der Waals surface area contributed by atoms with Gasteiger partial charge in [-0.15, -0.1) is 10.2 Å². The van der Waals surface area contributed by atoms with Crippen molar-refractivity contribution >= 4 is 11.7 Å². The summed E-state index contributed by atoms with van der Waals surface area (Å²) in [6, 6.07) is 17.5. The predicted molar refractivity (Wildman–Crippen MR) is 135 cm³/mol. The second-order valence-electron chi connectivity index (χ2n) is 8.52. The molecule has 0 bridgehead atoms. The molecule has 8 heteroatoms. The Balaban J connectivity index is 1.30. The molecule has 1 amide bonds. The molecule has 1 saturated heterocycles. The molecule has 1 aliphatic rings. The Morgan fingerprint density at radius 3 is 2.46 bits per heavy atom. The highest BCUT2D eigenvalue weighted by molar-refractivity contribution is 5.79. The van der Waals surface area contributed by atoms with Crippen molar-refractivity contribution in [2.75, 3.05) is 45.9 Å². The Labute approximate surface area is 206 Å². The zero-order chi connectivity index (χ0) is 24.6. The van der Waals surface area contributed by atoms with E-state index in [2.05, 4.69) is 20.4 Å². The van der Waals surface area contributed by atoms with Gasteiger partial charge in [-0.1, -0.05) is 6.07 Å². The number of amides is 1. The fraction of sp³-hybridized carbons (Fsp3) is 0.370. The fourth-order valence-corrected chi connectivity index (χ4v) is 4.32. The third kappa shape index (κ3) is 6.01. The van der Waals surface area contributed by atoms with Crippen LogP contribution >= 0.6 is 0 Å². The number of carbonyl (C=O) groups is 1. The molecule has 4 rings (SSSR count). The van der Waals surface area contributed by atoms with Crippen LogP contribution in [0.4, 0.5) is 5.82 Å². The van der Waals surface area contributed by atoms with E-state index in [1.165, 1.54) is 0 Å². The fourth-order valence-electron chi connectivity index (χ4n) is 4.32. The molecule has 0 radical (unpaired) electrons. The van der Waals surface area contributed by atoms with E-state index in [4.69, 9.17) is 14.2 Å². The first-order valence-electron chi connectivity index (χ1n) is 11.8. The van der Waals surface area contributed by atoms with Crippen LogP contribution < -0.4 is 24.4 Å². The highest BCUT2D eigenvalue weighted by atomic mass is 16.5. The Hall–Kier alpha value is -3.81. The zero-order valence-corrected chi connectivity index (χ0v) is 20.5. The average Bonchev–Trinajstić information content (AvgIpc) is 2.93. The Morgan fingerprint density at radius 2 is 1.77 bits per heavy atom. The van der Waals surface area contributed by atoms with Crippen LogP contribution in [0.3, 0.4) is 0 Å². The lowest BCUT2D eigenvalue weighted by molar-refractivity contribution is -0.125. The van der Waals surface area contributed by atoms with E-state index in [9.17, 15) is 4.79 Å². The van der Waals surface area contributed by atoms with Gasteiger partial charge in [0.25, 0.3) is 0 Å². The molecule has 1 N–H and O–H groups in total. The molecule has 1 aliphatic heterocycles. The number of hydrogen-bond donors (Lipinski definition) is 1. The SMILES string of the molecule is COc1ccc(-c2ccc(N3CCCC(C(=O)NCCc4ccc(OC)c(OC)c4)C3)nn2)cc1. The largest absolute Gasteiger partial charge is 0.497 e. The number of benzene rings is 2. The lowest BCUT2D eigenvalue weighted by Crippen LogP contribution is -2.43. The molecule has 2 aromatic carbocycles. The lowest BCUT2D eigenvalue weighted by Gasteiger charge is -2.32. The minimum absolute atomic E-state index is 0.0720. The van der Waals surface area contributed by atoms with E-state index in [0.717, 1.165) is 54.2 Å². The summed E-state index contributed by atoms with van der Waals surface area (Å²) >= 11 is 0. The number of nitrogens with one attached hydrogen (secondary N) is 1. The van der Waals surface area contributed by atoms with E-state index in [-0.39, 0.29) is 11.8 Å². The minimum Gasteiger partial charge on any atom is -0.497 e. The number of anilines is 1. The molecule has 2 heterocycles. The van der Waals surface area contributed by atoms with Gasteiger partial charge in [-0.3, -0.25) is 4.79 Å². The summed E-state index contributed by atoms with van der Waals surface area (Å²) in [7, 11) is 4.88. The first-order valence-corrected chi connectivity index (χ1v) is 11.8. The summed E-state index contributed by atoms with van der Waals surface area (Å²) in [4.78, 5) is 15.0. The lowest BCUT2D eigenvalue weighted by atomic mass is 9.97. The van der Waals surface area contributed by atoms with Gasteiger partial charge < -0.3 is 24.4 Å². The van der Waals surface area contributed by atoms with Crippen molar-refractivity contribution in [3.8, 4) is 28.5 Å². The topological polar surface area (TPSA) is 85.8 Å². The number of carbonyl (C=O) groups excluding carboxylic acids is 1. The van der Waals surface area contributed by atoms with Crippen LogP contribution in [-0.4, -0.2) is 57.1 Å². The van der Waals surface area contributed by atoms with Crippen LogP contribution in [0, 0.1) is 5.92 Å². The summed E-state index contributed by atoms with van der Waals surface area (Å²) in [5.74, 6) is 3.00. The molecule has 1 aromatic heterocycles. The van der Waals surface area contributed by atoms with Crippen molar-refractivity contribution < 1.29 is 19.0 Å². The maximum atomic E-state index is 12.9. The number of methoxy groups -OCH3 is 3. The summed E-state index contributed by atoms with van der Waals surface area (Å²) in [6.07, 6.45) is 2.53. The van der Waals surface area contributed by atoms with Gasteiger partial charge in [0.2, 0.25) is 5.91 Å². The van der Waals surface area contributed by atoms with Crippen LogP contribution in [0.15, 0.2) is 54.6 Å². The normalized spacial score (nSPS) is 15.4. The molecular formula is C27H32N4O4. The van der Waals surface area contributed by atoms with E-state index < -0.39 is 0 Å². The van der Waals surface area contributed by atoms with Gasteiger partial charge in [0.15, 0.2) is 17.3 Å². The summed E-state index contributed by atoms with van der Waals surface area (Å²) in [6.45, 7) is 2.08. The van der Waals surface area contributed by atoms with Crippen LogP contribution in [0.5, 0.6) is 17.2 Å². The number of piperidine rings is 1. The smallest absolute Gasteiger partial charge is 0.224 e. The second-order valence-corrected chi connectivity index (χ2v) is 8.52. The maximum absolute atomic E-state index is 12.9. The molecule has 184 valence electrons. The average molecular weight is 477 g/mol. The number of aromatic nitrogens is 2. The Bertz CT molecular complexity index is 1120. The van der Waals surface area contributed by atoms with Crippen LogP contribution in [0.1, 0.15) is 18.4 Å². The van der Waals surface area contributed by atoms with Gasteiger partial charge in [-0.25, -0.2) is 0 Å². The monoisotopic (exact) mass is 476 g/mol. The third-order valence-electron chi connectivity index (χ3n) is 6.31. The third-order valence-corrected chi connectivity index (χ3v) is 6.31. The van der Waals surface area contributed by atoms with Crippen LogP contribution in [0.2, 0.25) is 0 Å². The van der Waals surface area contributed by atoms with Crippen molar-refractivity contribution in [1.29, 1.82) is 0 Å². The molecule has 35 heavy (non-hydrogen) atoms. The van der Waals surface area contributed by atoms with Crippen molar-refractivity contribution in [1.82, 2.24) is 15.5 Å². The number of ether oxygens (including phenoxy) is 3. The molecule has 0 saturated carbocycles. The molecule has 8 nitrogen and oxygen atoms in total. The summed E-state index contributed by atoms with van der Waals surface area (Å²) < 4.78 is 15.9. The van der Waals surface area contributed by atoms with Gasteiger partial charge in [0, 0.05) is 25.2 Å². The van der Waals surface area contributed by atoms with E-state index in [1.807, 2.05) is 54.6 Å². The van der Waals surface area contributed by atoms with E-state index in [0.29, 0.717) is 24.6 Å². The van der Waals surface area contributed by atoms with E-state index >= 15 is 0 Å². The first kappa shape index (κ1) is 24.3. The van der Waals surface area contributed by atoms with E-state index in [1.54, 1.807) is 21.3 Å². The molecule has 1 unspecified atom stereocenters. The zero-order valence-electron chi connectivity index (χ0n) is 20.5. The van der Waals surface area contributed by atoms with Crippen molar-refractivity contribution in [2.24, 2.45) is 5.92 Å². The van der Waals surface area contributed by atoms with Gasteiger partial charge in [0.1, 0.15) is 5.75 Å². The summed E-state index contributed by atoms with van der Waals surface area (Å²) in [5, 5.41) is 11.9. The van der Waals surface area contributed by atoms with Crippen molar-refractivity contribution in [3.05, 3.63) is 60.2 Å². The second kappa shape index (κ2) is 11.6. The highest BCUT2D eigenvalue weighted by Crippen LogP contribution is 2.28. The number of rotatable bonds is 9.